The Morgan fingerprint density at radius 1 is 1.36 bits per heavy atom. The van der Waals surface area contributed by atoms with Gasteiger partial charge in [0.1, 0.15) is 12.0 Å². The summed E-state index contributed by atoms with van der Waals surface area (Å²) in [4.78, 5) is 28.0. The number of aromatic nitrogens is 1. The Labute approximate surface area is 147 Å². The molecule has 1 heterocycles. The number of carbonyl (C=O) groups is 2. The van der Waals surface area contributed by atoms with Gasteiger partial charge in [-0.05, 0) is 37.1 Å². The molecular weight excluding hydrogens is 316 g/mol. The van der Waals surface area contributed by atoms with Crippen molar-refractivity contribution in [2.24, 2.45) is 0 Å². The predicted molar refractivity (Wildman–Crippen MR) is 97.6 cm³/mol. The fraction of sp³-hybridized carbons (Fsp3) is 0.250. The first-order valence-electron chi connectivity index (χ1n) is 8.25. The molecule has 1 aromatic heterocycles. The molecule has 25 heavy (non-hydrogen) atoms. The van der Waals surface area contributed by atoms with Crippen molar-refractivity contribution in [3.05, 3.63) is 60.8 Å². The van der Waals surface area contributed by atoms with E-state index >= 15 is 0 Å². The average Bonchev–Trinajstić information content (AvgIpc) is 2.66. The first kappa shape index (κ1) is 18.4. The Morgan fingerprint density at radius 3 is 2.92 bits per heavy atom. The summed E-state index contributed by atoms with van der Waals surface area (Å²) in [5.74, 6) is 0.385. The molecule has 0 aliphatic heterocycles. The Bertz CT molecular complexity index is 743. The van der Waals surface area contributed by atoms with Gasteiger partial charge >= 0.3 is 0 Å². The van der Waals surface area contributed by atoms with Crippen molar-refractivity contribution in [1.82, 2.24) is 10.3 Å². The Balaban J connectivity index is 2.30. The highest BCUT2D eigenvalue weighted by molar-refractivity contribution is 6.00. The van der Waals surface area contributed by atoms with Crippen LogP contribution in [0.4, 0.5) is 0 Å². The smallest absolute Gasteiger partial charge is 0.254 e. The van der Waals surface area contributed by atoms with E-state index in [4.69, 9.17) is 4.74 Å². The number of nitrogens with zero attached hydrogens (tertiary/aromatic N) is 1. The van der Waals surface area contributed by atoms with Crippen LogP contribution in [0.15, 0.2) is 55.3 Å². The van der Waals surface area contributed by atoms with Crippen LogP contribution in [-0.4, -0.2) is 29.8 Å². The van der Waals surface area contributed by atoms with E-state index in [0.29, 0.717) is 30.6 Å². The van der Waals surface area contributed by atoms with E-state index in [2.05, 4.69) is 16.9 Å². The van der Waals surface area contributed by atoms with Crippen LogP contribution >= 0.6 is 0 Å². The van der Waals surface area contributed by atoms with E-state index in [-0.39, 0.29) is 5.91 Å². The molecule has 1 N–H and O–H groups in total. The molecule has 0 saturated carbocycles. The number of hydrogen-bond donors (Lipinski definition) is 1. The van der Waals surface area contributed by atoms with Crippen LogP contribution in [0.3, 0.4) is 0 Å². The topological polar surface area (TPSA) is 68.3 Å². The van der Waals surface area contributed by atoms with Crippen LogP contribution in [0.25, 0.3) is 11.3 Å². The monoisotopic (exact) mass is 338 g/mol. The molecule has 5 heteroatoms. The molecule has 0 radical (unpaired) electrons. The summed E-state index contributed by atoms with van der Waals surface area (Å²) in [6.07, 6.45) is 5.22. The van der Waals surface area contributed by atoms with Gasteiger partial charge in [-0.1, -0.05) is 25.1 Å². The fourth-order valence-electron chi connectivity index (χ4n) is 2.35. The normalized spacial score (nSPS) is 11.4. The maximum absolute atomic E-state index is 12.6. The number of hydrogen-bond acceptors (Lipinski definition) is 4. The third-order valence-electron chi connectivity index (χ3n) is 3.53. The second-order valence-electron chi connectivity index (χ2n) is 5.52. The molecule has 0 unspecified atom stereocenters. The standard InChI is InChI=1S/C20H22N2O3/c1-3-7-16(14-23)22-20(24)18-10-6-11-21-19(18)15-8-5-9-17(13-15)25-12-4-2/h3,5-6,8-11,13-14,16H,1,4,7,12H2,2H3,(H,22,24)/t16-/m0/s1. The third kappa shape index (κ3) is 5.01. The van der Waals surface area contributed by atoms with Crippen LogP contribution in [-0.2, 0) is 4.79 Å². The van der Waals surface area contributed by atoms with Gasteiger partial charge in [0.05, 0.1) is 23.9 Å². The molecule has 2 rings (SSSR count). The van der Waals surface area contributed by atoms with Gasteiger partial charge in [0.15, 0.2) is 0 Å². The Hall–Kier alpha value is -2.95. The van der Waals surface area contributed by atoms with Crippen LogP contribution in [0.5, 0.6) is 5.75 Å². The predicted octanol–water partition coefficient (Wildman–Crippen LogP) is 3.41. The maximum atomic E-state index is 12.6. The second kappa shape index (κ2) is 9.37. The van der Waals surface area contributed by atoms with E-state index in [1.165, 1.54) is 0 Å². The van der Waals surface area contributed by atoms with Crippen molar-refractivity contribution in [2.45, 2.75) is 25.8 Å². The summed E-state index contributed by atoms with van der Waals surface area (Å²) in [5.41, 5.74) is 1.74. The summed E-state index contributed by atoms with van der Waals surface area (Å²) in [6, 6.07) is 10.2. The number of aldehydes is 1. The molecule has 5 nitrogen and oxygen atoms in total. The summed E-state index contributed by atoms with van der Waals surface area (Å²) in [7, 11) is 0. The van der Waals surface area contributed by atoms with Crippen molar-refractivity contribution in [1.29, 1.82) is 0 Å². The van der Waals surface area contributed by atoms with Gasteiger partial charge in [-0.3, -0.25) is 9.78 Å². The molecule has 0 aliphatic carbocycles. The molecule has 0 aliphatic rings. The first-order valence-corrected chi connectivity index (χ1v) is 8.25. The van der Waals surface area contributed by atoms with Crippen molar-refractivity contribution in [3.8, 4) is 17.0 Å². The van der Waals surface area contributed by atoms with Crippen molar-refractivity contribution in [2.75, 3.05) is 6.61 Å². The summed E-state index contributed by atoms with van der Waals surface area (Å²) in [5, 5.41) is 2.69. The van der Waals surface area contributed by atoms with Gasteiger partial charge in [-0.15, -0.1) is 6.58 Å². The minimum atomic E-state index is -0.600. The Morgan fingerprint density at radius 2 is 2.20 bits per heavy atom. The SMILES string of the molecule is C=CC[C@@H](C=O)NC(=O)c1cccnc1-c1cccc(OCCC)c1. The minimum Gasteiger partial charge on any atom is -0.494 e. The average molecular weight is 338 g/mol. The zero-order valence-corrected chi connectivity index (χ0v) is 14.3. The summed E-state index contributed by atoms with van der Waals surface area (Å²) in [6.45, 7) is 6.26. The van der Waals surface area contributed by atoms with E-state index in [1.807, 2.05) is 31.2 Å². The van der Waals surface area contributed by atoms with Crippen LogP contribution in [0.1, 0.15) is 30.1 Å². The molecule has 0 saturated heterocycles. The largest absolute Gasteiger partial charge is 0.494 e. The maximum Gasteiger partial charge on any atom is 0.254 e. The van der Waals surface area contributed by atoms with Crippen molar-refractivity contribution >= 4 is 12.2 Å². The number of benzene rings is 1. The zero-order chi connectivity index (χ0) is 18.1. The van der Waals surface area contributed by atoms with E-state index < -0.39 is 6.04 Å². The lowest BCUT2D eigenvalue weighted by molar-refractivity contribution is -0.109. The fourth-order valence-corrected chi connectivity index (χ4v) is 2.35. The third-order valence-corrected chi connectivity index (χ3v) is 3.53. The molecular formula is C20H22N2O3. The van der Waals surface area contributed by atoms with E-state index in [9.17, 15) is 9.59 Å². The number of ether oxygens (including phenoxy) is 1. The highest BCUT2D eigenvalue weighted by atomic mass is 16.5. The first-order chi connectivity index (χ1) is 12.2. The summed E-state index contributed by atoms with van der Waals surface area (Å²) >= 11 is 0. The number of rotatable bonds is 9. The number of pyridine rings is 1. The summed E-state index contributed by atoms with van der Waals surface area (Å²) < 4.78 is 5.65. The van der Waals surface area contributed by atoms with Gasteiger partial charge < -0.3 is 14.8 Å². The molecule has 0 fully saturated rings. The molecule has 1 aromatic carbocycles. The van der Waals surface area contributed by atoms with E-state index in [0.717, 1.165) is 17.7 Å². The lowest BCUT2D eigenvalue weighted by atomic mass is 10.0. The lowest BCUT2D eigenvalue weighted by Crippen LogP contribution is -2.35. The Kier molecular flexibility index (Phi) is 6.89. The van der Waals surface area contributed by atoms with Crippen molar-refractivity contribution < 1.29 is 14.3 Å². The van der Waals surface area contributed by atoms with Gasteiger partial charge in [0, 0.05) is 11.8 Å². The quantitative estimate of drug-likeness (QED) is 0.562. The van der Waals surface area contributed by atoms with E-state index in [1.54, 1.807) is 24.4 Å². The lowest BCUT2D eigenvalue weighted by Gasteiger charge is -2.13. The van der Waals surface area contributed by atoms with Gasteiger partial charge in [-0.2, -0.15) is 0 Å². The van der Waals surface area contributed by atoms with Crippen LogP contribution < -0.4 is 10.1 Å². The molecule has 1 atom stereocenters. The van der Waals surface area contributed by atoms with Gasteiger partial charge in [0.25, 0.3) is 5.91 Å². The van der Waals surface area contributed by atoms with Gasteiger partial charge in [0.2, 0.25) is 0 Å². The number of carbonyl (C=O) groups excluding carboxylic acids is 2. The second-order valence-corrected chi connectivity index (χ2v) is 5.52. The molecule has 0 spiro atoms. The highest BCUT2D eigenvalue weighted by Gasteiger charge is 2.17. The number of amides is 1. The molecule has 130 valence electrons. The van der Waals surface area contributed by atoms with Gasteiger partial charge in [-0.25, -0.2) is 0 Å². The highest BCUT2D eigenvalue weighted by Crippen LogP contribution is 2.25. The molecule has 0 bridgehead atoms. The molecule has 2 aromatic rings. The molecule has 1 amide bonds. The zero-order valence-electron chi connectivity index (χ0n) is 14.3. The van der Waals surface area contributed by atoms with Crippen molar-refractivity contribution in [3.63, 3.8) is 0 Å². The number of nitrogens with one attached hydrogen (secondary N) is 1. The minimum absolute atomic E-state index is 0.345. The van der Waals surface area contributed by atoms with Crippen LogP contribution in [0, 0.1) is 0 Å². The van der Waals surface area contributed by atoms with Crippen LogP contribution in [0.2, 0.25) is 0 Å².